The molecule has 44 heavy (non-hydrogen) atoms. The Morgan fingerprint density at radius 2 is 1.09 bits per heavy atom. The van der Waals surface area contributed by atoms with Crippen molar-refractivity contribution < 1.29 is 0 Å². The van der Waals surface area contributed by atoms with E-state index in [0.29, 0.717) is 0 Å². The van der Waals surface area contributed by atoms with Crippen molar-refractivity contribution in [1.82, 2.24) is 9.55 Å². The Hall–Kier alpha value is -5.93. The standard InChI is InChI=1S/C41H29N3/c1-3-14-30(15-4-1)36-21-9-11-23-39(36)44-40-24-12-10-22-37(40)42-41(44)32-26-28-34(29-27-32)43(33-18-5-2-6-19-33)38-25-13-17-31-16-7-8-20-35(31)38/h1-29H. The van der Waals surface area contributed by atoms with Gasteiger partial charge in [0.25, 0.3) is 0 Å². The van der Waals surface area contributed by atoms with Gasteiger partial charge in [0, 0.05) is 27.9 Å². The fourth-order valence-corrected chi connectivity index (χ4v) is 6.16. The monoisotopic (exact) mass is 563 g/mol. The molecule has 0 aliphatic heterocycles. The molecule has 0 aliphatic carbocycles. The molecule has 3 heteroatoms. The number of hydrogen-bond donors (Lipinski definition) is 0. The van der Waals surface area contributed by atoms with Crippen LogP contribution in [0.15, 0.2) is 176 Å². The van der Waals surface area contributed by atoms with Gasteiger partial charge in [-0.15, -0.1) is 0 Å². The highest BCUT2D eigenvalue weighted by Crippen LogP contribution is 2.40. The Morgan fingerprint density at radius 1 is 0.455 bits per heavy atom. The molecular formula is C41H29N3. The summed E-state index contributed by atoms with van der Waals surface area (Å²) >= 11 is 0. The van der Waals surface area contributed by atoms with Crippen LogP contribution in [0.2, 0.25) is 0 Å². The van der Waals surface area contributed by atoms with Gasteiger partial charge < -0.3 is 4.90 Å². The summed E-state index contributed by atoms with van der Waals surface area (Å²) in [5.41, 5.74) is 9.89. The molecule has 1 heterocycles. The van der Waals surface area contributed by atoms with E-state index in [-0.39, 0.29) is 0 Å². The van der Waals surface area contributed by atoms with Gasteiger partial charge in [0.05, 0.1) is 22.4 Å². The average molecular weight is 564 g/mol. The number of rotatable bonds is 6. The highest BCUT2D eigenvalue weighted by atomic mass is 15.1. The molecule has 3 nitrogen and oxygen atoms in total. The van der Waals surface area contributed by atoms with Gasteiger partial charge in [-0.25, -0.2) is 4.98 Å². The number of hydrogen-bond acceptors (Lipinski definition) is 2. The third-order valence-corrected chi connectivity index (χ3v) is 8.20. The van der Waals surface area contributed by atoms with Crippen LogP contribution in [0.5, 0.6) is 0 Å². The first-order chi connectivity index (χ1) is 21.8. The summed E-state index contributed by atoms with van der Waals surface area (Å²) in [6.07, 6.45) is 0. The van der Waals surface area contributed by atoms with Crippen molar-refractivity contribution in [3.63, 3.8) is 0 Å². The van der Waals surface area contributed by atoms with Crippen molar-refractivity contribution in [2.45, 2.75) is 0 Å². The quantitative estimate of drug-likeness (QED) is 0.201. The van der Waals surface area contributed by atoms with Gasteiger partial charge in [0.1, 0.15) is 5.82 Å². The average Bonchev–Trinajstić information content (AvgIpc) is 3.49. The van der Waals surface area contributed by atoms with Gasteiger partial charge in [-0.2, -0.15) is 0 Å². The Morgan fingerprint density at radius 3 is 1.93 bits per heavy atom. The summed E-state index contributed by atoms with van der Waals surface area (Å²) in [4.78, 5) is 7.51. The van der Waals surface area contributed by atoms with Crippen LogP contribution in [0.25, 0.3) is 50.0 Å². The Balaban J connectivity index is 1.29. The molecule has 7 aromatic carbocycles. The Kier molecular flexibility index (Phi) is 6.47. The molecule has 1 aromatic heterocycles. The van der Waals surface area contributed by atoms with Crippen LogP contribution in [0.3, 0.4) is 0 Å². The summed E-state index contributed by atoms with van der Waals surface area (Å²) in [6.45, 7) is 0. The third-order valence-electron chi connectivity index (χ3n) is 8.20. The van der Waals surface area contributed by atoms with Crippen LogP contribution in [0, 0.1) is 0 Å². The molecule has 208 valence electrons. The largest absolute Gasteiger partial charge is 0.310 e. The van der Waals surface area contributed by atoms with Gasteiger partial charge in [-0.1, -0.05) is 115 Å². The molecule has 0 saturated heterocycles. The minimum Gasteiger partial charge on any atom is -0.310 e. The Bertz CT molecular complexity index is 2210. The van der Waals surface area contributed by atoms with Crippen LogP contribution in [-0.2, 0) is 0 Å². The van der Waals surface area contributed by atoms with Crippen molar-refractivity contribution in [2.24, 2.45) is 0 Å². The fraction of sp³-hybridized carbons (Fsp3) is 0. The zero-order valence-corrected chi connectivity index (χ0v) is 24.1. The molecule has 0 spiro atoms. The lowest BCUT2D eigenvalue weighted by Crippen LogP contribution is -2.10. The summed E-state index contributed by atoms with van der Waals surface area (Å²) in [5, 5.41) is 2.43. The summed E-state index contributed by atoms with van der Waals surface area (Å²) < 4.78 is 2.30. The number of aromatic nitrogens is 2. The van der Waals surface area contributed by atoms with E-state index in [0.717, 1.165) is 45.2 Å². The van der Waals surface area contributed by atoms with Crippen LogP contribution in [-0.4, -0.2) is 9.55 Å². The van der Waals surface area contributed by atoms with E-state index in [1.165, 1.54) is 21.9 Å². The Labute approximate surface area is 256 Å². The molecule has 0 saturated carbocycles. The van der Waals surface area contributed by atoms with E-state index in [1.54, 1.807) is 0 Å². The lowest BCUT2D eigenvalue weighted by molar-refractivity contribution is 1.10. The number of anilines is 3. The zero-order chi connectivity index (χ0) is 29.3. The van der Waals surface area contributed by atoms with Crippen molar-refractivity contribution in [2.75, 3.05) is 4.90 Å². The molecule has 0 aliphatic rings. The maximum Gasteiger partial charge on any atom is 0.145 e. The first kappa shape index (κ1) is 25.8. The second kappa shape index (κ2) is 11.0. The third kappa shape index (κ3) is 4.52. The lowest BCUT2D eigenvalue weighted by Gasteiger charge is -2.27. The first-order valence-electron chi connectivity index (χ1n) is 14.9. The molecular weight excluding hydrogens is 534 g/mol. The topological polar surface area (TPSA) is 21.1 Å². The smallest absolute Gasteiger partial charge is 0.145 e. The van der Waals surface area contributed by atoms with E-state index in [9.17, 15) is 0 Å². The number of benzene rings is 7. The molecule has 0 atom stereocenters. The molecule has 0 unspecified atom stereocenters. The van der Waals surface area contributed by atoms with Crippen LogP contribution < -0.4 is 4.90 Å². The lowest BCUT2D eigenvalue weighted by atomic mass is 10.0. The predicted octanol–water partition coefficient (Wildman–Crippen LogP) is 11.0. The number of nitrogens with zero attached hydrogens (tertiary/aromatic N) is 3. The summed E-state index contributed by atoms with van der Waals surface area (Å²) in [5.74, 6) is 0.914. The highest BCUT2D eigenvalue weighted by Gasteiger charge is 2.19. The predicted molar refractivity (Wildman–Crippen MR) is 184 cm³/mol. The highest BCUT2D eigenvalue weighted by molar-refractivity contribution is 5.99. The summed E-state index contributed by atoms with van der Waals surface area (Å²) in [7, 11) is 0. The molecule has 0 bridgehead atoms. The molecule has 0 fully saturated rings. The first-order valence-corrected chi connectivity index (χ1v) is 14.9. The second-order valence-corrected chi connectivity index (χ2v) is 10.9. The van der Waals surface area contributed by atoms with Crippen molar-refractivity contribution in [3.05, 3.63) is 176 Å². The van der Waals surface area contributed by atoms with Gasteiger partial charge in [0.2, 0.25) is 0 Å². The molecule has 8 rings (SSSR count). The molecule has 0 N–H and O–H groups in total. The maximum atomic E-state index is 5.18. The van der Waals surface area contributed by atoms with Gasteiger partial charge in [-0.05, 0) is 71.6 Å². The van der Waals surface area contributed by atoms with Crippen molar-refractivity contribution in [3.8, 4) is 28.2 Å². The van der Waals surface area contributed by atoms with E-state index >= 15 is 0 Å². The van der Waals surface area contributed by atoms with Crippen molar-refractivity contribution in [1.29, 1.82) is 0 Å². The van der Waals surface area contributed by atoms with E-state index in [4.69, 9.17) is 4.98 Å². The minimum absolute atomic E-state index is 0.914. The molecule has 8 aromatic rings. The van der Waals surface area contributed by atoms with Crippen LogP contribution in [0.4, 0.5) is 17.1 Å². The summed E-state index contributed by atoms with van der Waals surface area (Å²) in [6, 6.07) is 62.0. The van der Waals surface area contributed by atoms with Gasteiger partial charge >= 0.3 is 0 Å². The van der Waals surface area contributed by atoms with Crippen LogP contribution >= 0.6 is 0 Å². The minimum atomic E-state index is 0.914. The van der Waals surface area contributed by atoms with E-state index < -0.39 is 0 Å². The fourth-order valence-electron chi connectivity index (χ4n) is 6.16. The van der Waals surface area contributed by atoms with Gasteiger partial charge in [0.15, 0.2) is 0 Å². The van der Waals surface area contributed by atoms with Crippen LogP contribution in [0.1, 0.15) is 0 Å². The van der Waals surface area contributed by atoms with E-state index in [2.05, 4.69) is 185 Å². The van der Waals surface area contributed by atoms with E-state index in [1.807, 2.05) is 0 Å². The molecule has 0 radical (unpaired) electrons. The van der Waals surface area contributed by atoms with Gasteiger partial charge in [-0.3, -0.25) is 4.57 Å². The molecule has 0 amide bonds. The normalized spacial score (nSPS) is 11.2. The number of imidazole rings is 1. The van der Waals surface area contributed by atoms with Crippen molar-refractivity contribution >= 4 is 38.9 Å². The maximum absolute atomic E-state index is 5.18. The second-order valence-electron chi connectivity index (χ2n) is 10.9. The zero-order valence-electron chi connectivity index (χ0n) is 24.1. The number of para-hydroxylation sites is 4. The number of fused-ring (bicyclic) bond motifs is 2. The SMILES string of the molecule is c1ccc(-c2ccccc2-n2c(-c3ccc(N(c4ccccc4)c4cccc5ccccc45)cc3)nc3ccccc32)cc1.